The second-order valence-corrected chi connectivity index (χ2v) is 22.2. The molecule has 3 atom stereocenters. The minimum atomic E-state index is -0.945. The largest absolute Gasteiger partial charge is 0.496 e. The molecule has 1 fully saturated rings. The molecule has 0 radical (unpaired) electrons. The fourth-order valence-electron chi connectivity index (χ4n) is 7.63. The number of methoxy groups -OCH3 is 2. The Labute approximate surface area is 313 Å². The second kappa shape index (κ2) is 16.1. The highest BCUT2D eigenvalue weighted by Crippen LogP contribution is 2.76. The van der Waals surface area contributed by atoms with E-state index in [1.54, 1.807) is 0 Å². The SMILES string of the molecule is CCCCN(P(c1ccc(OC)c(C(C)(C)C)c1)c1cc(C(C)(C)C)c(OC)c(C(C)(C)C)c1)P1[C@@H](c2ccccc2)CC[C@@H]1c1ccccc1. The maximum absolute atomic E-state index is 6.32. The first-order chi connectivity index (χ1) is 24.1. The molecule has 1 aliphatic heterocycles. The molecular formula is C46H63NO2P2. The third-order valence-corrected chi connectivity index (χ3v) is 16.8. The zero-order chi connectivity index (χ0) is 37.1. The van der Waals surface area contributed by atoms with Crippen LogP contribution in [0.2, 0.25) is 0 Å². The van der Waals surface area contributed by atoms with Gasteiger partial charge >= 0.3 is 0 Å². The predicted molar refractivity (Wildman–Crippen MR) is 224 cm³/mol. The number of rotatable bonds is 11. The summed E-state index contributed by atoms with van der Waals surface area (Å²) in [5.41, 5.74) is 7.57. The topological polar surface area (TPSA) is 21.7 Å². The van der Waals surface area contributed by atoms with Gasteiger partial charge in [-0.15, -0.1) is 0 Å². The van der Waals surface area contributed by atoms with Crippen molar-refractivity contribution in [1.82, 2.24) is 4.44 Å². The Morgan fingerprint density at radius 3 is 1.51 bits per heavy atom. The third-order valence-electron chi connectivity index (χ3n) is 10.3. The van der Waals surface area contributed by atoms with E-state index in [1.807, 2.05) is 14.2 Å². The minimum Gasteiger partial charge on any atom is -0.496 e. The number of hydrogen-bond donors (Lipinski definition) is 0. The van der Waals surface area contributed by atoms with E-state index in [9.17, 15) is 0 Å². The van der Waals surface area contributed by atoms with Crippen LogP contribution >= 0.6 is 16.1 Å². The molecule has 0 bridgehead atoms. The highest BCUT2D eigenvalue weighted by atomic mass is 31.2. The Bertz CT molecular complexity index is 1650. The standard InChI is InChI=1S/C46H63NO2P2/c1-13-14-29-47(51-41(33-21-17-15-18-22-33)27-28-42(51)34-23-19-16-20-24-34)50(35-25-26-40(48-11)37(30-35)44(2,3)4)36-31-38(45(5,6)7)43(49-12)39(32-36)46(8,9)10/h15-26,30-32,41-42H,13-14,27-29H2,1-12H3/t41-,42-,50?/m1/s1. The van der Waals surface area contributed by atoms with E-state index in [0.29, 0.717) is 11.3 Å². The molecular weight excluding hydrogens is 660 g/mol. The van der Waals surface area contributed by atoms with Gasteiger partial charge in [-0.2, -0.15) is 0 Å². The van der Waals surface area contributed by atoms with Crippen molar-refractivity contribution in [3.05, 3.63) is 119 Å². The first-order valence-electron chi connectivity index (χ1n) is 19.0. The fraction of sp³-hybridized carbons (Fsp3) is 0.478. The summed E-state index contributed by atoms with van der Waals surface area (Å²) < 4.78 is 15.4. The first kappa shape index (κ1) is 39.5. The quantitative estimate of drug-likeness (QED) is 0.144. The summed E-state index contributed by atoms with van der Waals surface area (Å²) >= 11 is 0. The zero-order valence-corrected chi connectivity index (χ0v) is 35.3. The van der Waals surface area contributed by atoms with E-state index in [0.717, 1.165) is 30.9 Å². The molecule has 4 aromatic carbocycles. The van der Waals surface area contributed by atoms with Gasteiger partial charge in [0.05, 0.1) is 14.2 Å². The fourth-order valence-corrected chi connectivity index (χ4v) is 15.2. The highest BCUT2D eigenvalue weighted by Gasteiger charge is 2.45. The van der Waals surface area contributed by atoms with Crippen molar-refractivity contribution in [3.63, 3.8) is 0 Å². The molecule has 5 heteroatoms. The normalized spacial score (nSPS) is 17.9. The minimum absolute atomic E-state index is 0.0680. The maximum atomic E-state index is 6.32. The van der Waals surface area contributed by atoms with E-state index in [4.69, 9.17) is 9.47 Å². The van der Waals surface area contributed by atoms with Gasteiger partial charge < -0.3 is 9.47 Å². The summed E-state index contributed by atoms with van der Waals surface area (Å²) in [6, 6.07) is 35.1. The summed E-state index contributed by atoms with van der Waals surface area (Å²) in [4.78, 5) is 0. The van der Waals surface area contributed by atoms with Gasteiger partial charge in [0.15, 0.2) is 0 Å². The molecule has 51 heavy (non-hydrogen) atoms. The van der Waals surface area contributed by atoms with Crippen LogP contribution in [-0.2, 0) is 16.2 Å². The van der Waals surface area contributed by atoms with Gasteiger partial charge in [0.25, 0.3) is 0 Å². The highest BCUT2D eigenvalue weighted by molar-refractivity contribution is 7.79. The van der Waals surface area contributed by atoms with Crippen LogP contribution in [0.5, 0.6) is 11.5 Å². The molecule has 0 spiro atoms. The summed E-state index contributed by atoms with van der Waals surface area (Å²) in [7, 11) is 2.10. The molecule has 0 aromatic heterocycles. The first-order valence-corrected chi connectivity index (χ1v) is 21.7. The molecule has 5 rings (SSSR count). The number of unbranched alkanes of at least 4 members (excludes halogenated alkanes) is 1. The predicted octanol–water partition coefficient (Wildman–Crippen LogP) is 12.7. The molecule has 1 heterocycles. The molecule has 1 saturated heterocycles. The van der Waals surface area contributed by atoms with E-state index >= 15 is 0 Å². The summed E-state index contributed by atoms with van der Waals surface area (Å²) in [6.45, 7) is 24.4. The molecule has 0 saturated carbocycles. The molecule has 1 unspecified atom stereocenters. The number of nitrogens with zero attached hydrogens (tertiary/aromatic N) is 1. The smallest absolute Gasteiger partial charge is 0.126 e. The zero-order valence-electron chi connectivity index (χ0n) is 33.5. The lowest BCUT2D eigenvalue weighted by Crippen LogP contribution is -2.31. The summed E-state index contributed by atoms with van der Waals surface area (Å²) in [6.07, 6.45) is 4.74. The van der Waals surface area contributed by atoms with Gasteiger partial charge in [0, 0.05) is 42.6 Å². The molecule has 1 aliphatic rings. The van der Waals surface area contributed by atoms with Gasteiger partial charge in [-0.05, 0) is 95.6 Å². The molecule has 0 aliphatic carbocycles. The average molecular weight is 724 g/mol. The lowest BCUT2D eigenvalue weighted by atomic mass is 9.79. The van der Waals surface area contributed by atoms with Crippen LogP contribution < -0.4 is 20.1 Å². The van der Waals surface area contributed by atoms with Gasteiger partial charge in [-0.25, -0.2) is 0 Å². The van der Waals surface area contributed by atoms with Crippen molar-refractivity contribution in [2.75, 3.05) is 20.8 Å². The van der Waals surface area contributed by atoms with Gasteiger partial charge in [-0.1, -0.05) is 136 Å². The van der Waals surface area contributed by atoms with Crippen molar-refractivity contribution >= 4 is 26.8 Å². The summed E-state index contributed by atoms with van der Waals surface area (Å²) in [5.74, 6) is 2.01. The van der Waals surface area contributed by atoms with Gasteiger partial charge in [-0.3, -0.25) is 4.44 Å². The molecule has 274 valence electrons. The average Bonchev–Trinajstić information content (AvgIpc) is 3.54. The Hall–Kier alpha value is -2.70. The van der Waals surface area contributed by atoms with Crippen LogP contribution in [0.15, 0.2) is 91.0 Å². The van der Waals surface area contributed by atoms with Crippen LogP contribution in [0, 0.1) is 0 Å². The van der Waals surface area contributed by atoms with Crippen molar-refractivity contribution in [2.45, 2.75) is 122 Å². The van der Waals surface area contributed by atoms with E-state index < -0.39 is 16.1 Å². The van der Waals surface area contributed by atoms with Crippen molar-refractivity contribution in [2.24, 2.45) is 0 Å². The monoisotopic (exact) mass is 723 g/mol. The Kier molecular flexibility index (Phi) is 12.5. The Morgan fingerprint density at radius 1 is 0.627 bits per heavy atom. The van der Waals surface area contributed by atoms with Crippen LogP contribution in [0.1, 0.15) is 134 Å². The maximum Gasteiger partial charge on any atom is 0.126 e. The molecule has 4 aromatic rings. The van der Waals surface area contributed by atoms with Crippen LogP contribution in [0.25, 0.3) is 0 Å². The van der Waals surface area contributed by atoms with Crippen LogP contribution in [0.4, 0.5) is 0 Å². The lowest BCUT2D eigenvalue weighted by Gasteiger charge is -2.43. The van der Waals surface area contributed by atoms with Gasteiger partial charge in [0.2, 0.25) is 0 Å². The van der Waals surface area contributed by atoms with Gasteiger partial charge in [0.1, 0.15) is 11.5 Å². The third kappa shape index (κ3) is 8.75. The number of hydrogen-bond acceptors (Lipinski definition) is 3. The molecule has 0 N–H and O–H groups in total. The lowest BCUT2D eigenvalue weighted by molar-refractivity contribution is 0.382. The van der Waals surface area contributed by atoms with Crippen molar-refractivity contribution in [3.8, 4) is 11.5 Å². The van der Waals surface area contributed by atoms with Crippen molar-refractivity contribution in [1.29, 1.82) is 0 Å². The summed E-state index contributed by atoms with van der Waals surface area (Å²) in [5, 5.41) is 2.83. The van der Waals surface area contributed by atoms with E-state index in [-0.39, 0.29) is 16.2 Å². The Balaban J connectivity index is 1.88. The van der Waals surface area contributed by atoms with E-state index in [1.165, 1.54) is 51.3 Å². The number of ether oxygens (including phenoxy) is 2. The Morgan fingerprint density at radius 2 is 1.10 bits per heavy atom. The van der Waals surface area contributed by atoms with Crippen LogP contribution in [0.3, 0.4) is 0 Å². The molecule has 0 amide bonds. The second-order valence-electron chi connectivity index (χ2n) is 17.3. The number of benzene rings is 4. The van der Waals surface area contributed by atoms with E-state index in [2.05, 4.69) is 165 Å². The molecule has 3 nitrogen and oxygen atoms in total. The van der Waals surface area contributed by atoms with Crippen LogP contribution in [-0.4, -0.2) is 25.2 Å². The van der Waals surface area contributed by atoms with Crippen molar-refractivity contribution < 1.29 is 9.47 Å².